The van der Waals surface area contributed by atoms with E-state index in [1.54, 1.807) is 0 Å². The maximum Gasteiger partial charge on any atom is 0.186 e. The molecule has 7 atom stereocenters. The summed E-state index contributed by atoms with van der Waals surface area (Å²) in [5.74, 6) is 0. The van der Waals surface area contributed by atoms with Crippen LogP contribution in [0.3, 0.4) is 0 Å². The second-order valence-corrected chi connectivity index (χ2v) is 8.74. The van der Waals surface area contributed by atoms with Gasteiger partial charge in [0.05, 0.1) is 38.7 Å². The van der Waals surface area contributed by atoms with Gasteiger partial charge in [-0.1, -0.05) is 64.5 Å². The van der Waals surface area contributed by atoms with Crippen molar-refractivity contribution < 1.29 is 39.7 Å². The van der Waals surface area contributed by atoms with Crippen molar-refractivity contribution in [1.29, 1.82) is 0 Å². The van der Waals surface area contributed by atoms with E-state index in [9.17, 15) is 25.5 Å². The van der Waals surface area contributed by atoms with Crippen molar-refractivity contribution in [2.45, 2.75) is 114 Å². The van der Waals surface area contributed by atoms with Crippen molar-refractivity contribution >= 4 is 0 Å². The van der Waals surface area contributed by atoms with E-state index in [0.717, 1.165) is 12.8 Å². The normalized spacial score (nSPS) is 27.8. The minimum atomic E-state index is -1.50. The van der Waals surface area contributed by atoms with Crippen LogP contribution in [0.5, 0.6) is 0 Å². The van der Waals surface area contributed by atoms with Crippen LogP contribution in [-0.4, -0.2) is 94.9 Å². The molecule has 0 aliphatic carbocycles. The molecule has 0 spiro atoms. The second-order valence-electron chi connectivity index (χ2n) is 8.74. The molecular weight excluding hydrogens is 430 g/mol. The average Bonchev–Trinajstić information content (AvgIpc) is 2.81. The molecule has 0 radical (unpaired) electrons. The van der Waals surface area contributed by atoms with Crippen LogP contribution in [0, 0.1) is 0 Å². The van der Waals surface area contributed by atoms with E-state index in [1.165, 1.54) is 38.5 Å². The molecule has 1 aliphatic heterocycles. The van der Waals surface area contributed by atoms with Gasteiger partial charge in [0, 0.05) is 0 Å². The number of allylic oxidation sites excluding steroid dienone is 1. The van der Waals surface area contributed by atoms with Crippen LogP contribution in [0.4, 0.5) is 0 Å². The number of hydrogen-bond donors (Lipinski definition) is 6. The van der Waals surface area contributed by atoms with Crippen LogP contribution in [0.1, 0.15) is 71.6 Å². The van der Waals surface area contributed by atoms with Crippen molar-refractivity contribution in [1.82, 2.24) is 5.32 Å². The number of aliphatic hydroxyl groups is 5. The van der Waals surface area contributed by atoms with Crippen molar-refractivity contribution in [3.63, 3.8) is 0 Å². The third kappa shape index (κ3) is 12.1. The molecule has 0 bridgehead atoms. The number of hydrogen-bond acceptors (Lipinski definition) is 9. The van der Waals surface area contributed by atoms with Crippen LogP contribution in [-0.2, 0) is 14.2 Å². The first-order chi connectivity index (χ1) is 16.0. The molecule has 1 heterocycles. The highest BCUT2D eigenvalue weighted by Gasteiger charge is 2.44. The van der Waals surface area contributed by atoms with E-state index in [0.29, 0.717) is 13.0 Å². The molecular formula is C24H47NO8. The molecule has 33 heavy (non-hydrogen) atoms. The van der Waals surface area contributed by atoms with Crippen LogP contribution in [0.15, 0.2) is 12.2 Å². The van der Waals surface area contributed by atoms with Crippen LogP contribution < -0.4 is 5.32 Å². The summed E-state index contributed by atoms with van der Waals surface area (Å²) in [6, 6.07) is -0.482. The van der Waals surface area contributed by atoms with Gasteiger partial charge in [0.2, 0.25) is 0 Å². The summed E-state index contributed by atoms with van der Waals surface area (Å²) >= 11 is 0. The molecule has 0 saturated carbocycles. The number of rotatable bonds is 19. The van der Waals surface area contributed by atoms with E-state index < -0.39 is 49.5 Å². The Morgan fingerprint density at radius 3 is 2.36 bits per heavy atom. The minimum absolute atomic E-state index is 0.0128. The van der Waals surface area contributed by atoms with Gasteiger partial charge >= 0.3 is 0 Å². The average molecular weight is 478 g/mol. The van der Waals surface area contributed by atoms with Crippen LogP contribution in [0.2, 0.25) is 0 Å². The fourth-order valence-corrected chi connectivity index (χ4v) is 3.73. The predicted molar refractivity (Wildman–Crippen MR) is 126 cm³/mol. The zero-order valence-corrected chi connectivity index (χ0v) is 20.3. The third-order valence-electron chi connectivity index (χ3n) is 5.89. The first-order valence-corrected chi connectivity index (χ1v) is 12.5. The van der Waals surface area contributed by atoms with E-state index in [1.807, 2.05) is 13.0 Å². The van der Waals surface area contributed by atoms with Crippen LogP contribution in [0.25, 0.3) is 0 Å². The summed E-state index contributed by atoms with van der Waals surface area (Å²) < 4.78 is 16.5. The Bertz CT molecular complexity index is 493. The highest BCUT2D eigenvalue weighted by atomic mass is 16.7. The summed E-state index contributed by atoms with van der Waals surface area (Å²) in [5, 5.41) is 52.7. The highest BCUT2D eigenvalue weighted by molar-refractivity contribution is 4.89. The Morgan fingerprint density at radius 2 is 1.67 bits per heavy atom. The fourth-order valence-electron chi connectivity index (χ4n) is 3.73. The zero-order chi connectivity index (χ0) is 24.5. The van der Waals surface area contributed by atoms with E-state index >= 15 is 0 Å². The largest absolute Gasteiger partial charge is 0.394 e. The Labute approximate surface area is 198 Å². The van der Waals surface area contributed by atoms with Gasteiger partial charge < -0.3 is 39.7 Å². The first-order valence-electron chi connectivity index (χ1n) is 12.5. The standard InChI is InChI=1S/C24H47NO8/c1-3-5-6-7-8-9-10-11-12-14-31-17-25-18(19(27)13-4-2)16-32-24-23(30)22(29)21(28)20(15-26)33-24/h11-12,18-30H,3-10,13-17H2,1-2H3/b12-11-/t18?,19?,20?,21-,22?,23?,24+/m0/s1. The molecule has 9 heteroatoms. The Hall–Kier alpha value is -0.620. The number of nitrogens with one attached hydrogen (secondary N) is 1. The topological polar surface area (TPSA) is 141 Å². The van der Waals surface area contributed by atoms with Crippen molar-refractivity contribution in [2.75, 3.05) is 26.6 Å². The summed E-state index contributed by atoms with van der Waals surface area (Å²) in [4.78, 5) is 0. The molecule has 5 unspecified atom stereocenters. The quantitative estimate of drug-likeness (QED) is 0.0919. The van der Waals surface area contributed by atoms with E-state index in [-0.39, 0.29) is 13.3 Å². The number of unbranched alkanes of at least 4 members (excludes halogenated alkanes) is 6. The summed E-state index contributed by atoms with van der Waals surface area (Å²) in [6.45, 7) is 4.32. The monoisotopic (exact) mass is 477 g/mol. The Kier molecular flexibility index (Phi) is 17.2. The molecule has 1 saturated heterocycles. The zero-order valence-electron chi connectivity index (χ0n) is 20.3. The summed E-state index contributed by atoms with van der Waals surface area (Å²) in [5.41, 5.74) is 0. The lowest BCUT2D eigenvalue weighted by atomic mass is 9.99. The molecule has 1 rings (SSSR count). The van der Waals surface area contributed by atoms with Gasteiger partial charge in [0.1, 0.15) is 24.4 Å². The molecule has 196 valence electrons. The molecule has 0 aromatic carbocycles. The molecule has 0 amide bonds. The fraction of sp³-hybridized carbons (Fsp3) is 0.917. The maximum absolute atomic E-state index is 10.4. The van der Waals surface area contributed by atoms with E-state index in [2.05, 4.69) is 18.3 Å². The number of ether oxygens (including phenoxy) is 3. The third-order valence-corrected chi connectivity index (χ3v) is 5.89. The highest BCUT2D eigenvalue weighted by Crippen LogP contribution is 2.22. The van der Waals surface area contributed by atoms with Gasteiger partial charge in [-0.15, -0.1) is 0 Å². The lowest BCUT2D eigenvalue weighted by Gasteiger charge is -2.40. The second kappa shape index (κ2) is 18.7. The lowest BCUT2D eigenvalue weighted by Crippen LogP contribution is -2.59. The van der Waals surface area contributed by atoms with Gasteiger partial charge in [0.15, 0.2) is 6.29 Å². The summed E-state index contributed by atoms with van der Waals surface area (Å²) in [6.07, 6.45) is 6.78. The van der Waals surface area contributed by atoms with Gasteiger partial charge in [-0.05, 0) is 19.3 Å². The molecule has 0 aromatic heterocycles. The van der Waals surface area contributed by atoms with Crippen molar-refractivity contribution in [2.24, 2.45) is 0 Å². The first kappa shape index (κ1) is 30.4. The Balaban J connectivity index is 2.34. The SMILES string of the molecule is CCCCCCCC/C=C\COCNC(CO[C@@H]1OC(CO)[C@H](O)C(O)C1O)C(O)CCC. The van der Waals surface area contributed by atoms with Crippen LogP contribution >= 0.6 is 0 Å². The number of aliphatic hydroxyl groups excluding tert-OH is 5. The molecule has 9 nitrogen and oxygen atoms in total. The van der Waals surface area contributed by atoms with Gasteiger partial charge in [-0.2, -0.15) is 0 Å². The molecule has 6 N–H and O–H groups in total. The molecule has 0 aromatic rings. The minimum Gasteiger partial charge on any atom is -0.394 e. The van der Waals surface area contributed by atoms with E-state index in [4.69, 9.17) is 14.2 Å². The van der Waals surface area contributed by atoms with Crippen molar-refractivity contribution in [3.05, 3.63) is 12.2 Å². The van der Waals surface area contributed by atoms with Gasteiger partial charge in [-0.3, -0.25) is 5.32 Å². The molecule has 1 aliphatic rings. The molecule has 1 fully saturated rings. The Morgan fingerprint density at radius 1 is 0.939 bits per heavy atom. The smallest absolute Gasteiger partial charge is 0.186 e. The summed E-state index contributed by atoms with van der Waals surface area (Å²) in [7, 11) is 0. The van der Waals surface area contributed by atoms with Gasteiger partial charge in [-0.25, -0.2) is 0 Å². The lowest BCUT2D eigenvalue weighted by molar-refractivity contribution is -0.303. The van der Waals surface area contributed by atoms with Crippen molar-refractivity contribution in [3.8, 4) is 0 Å². The maximum atomic E-state index is 10.4. The predicted octanol–water partition coefficient (Wildman–Crippen LogP) is 1.20. The van der Waals surface area contributed by atoms with Gasteiger partial charge in [0.25, 0.3) is 0 Å².